The molecule has 6 nitrogen and oxygen atoms in total. The molecule has 3 N–H and O–H groups in total. The van der Waals surface area contributed by atoms with Crippen LogP contribution in [0.1, 0.15) is 18.7 Å². The second kappa shape index (κ2) is 4.44. The van der Waals surface area contributed by atoms with Crippen molar-refractivity contribution in [2.45, 2.75) is 12.8 Å². The van der Waals surface area contributed by atoms with Gasteiger partial charge in [0.1, 0.15) is 5.52 Å². The summed E-state index contributed by atoms with van der Waals surface area (Å²) >= 11 is 0. The van der Waals surface area contributed by atoms with E-state index in [1.165, 1.54) is 0 Å². The average Bonchev–Trinajstić information content (AvgIpc) is 2.68. The van der Waals surface area contributed by atoms with E-state index in [9.17, 15) is 8.42 Å². The van der Waals surface area contributed by atoms with Gasteiger partial charge in [-0.15, -0.1) is 0 Å². The third kappa shape index (κ3) is 3.02. The standard InChI is InChI=1S/C10H13N3O3S/c1-7(6-12-17(11,14)15)10-13-8-4-2-3-5-9(8)16-10/h2-5,7,12H,6H2,1H3,(H2,11,14,15). The average molecular weight is 255 g/mol. The summed E-state index contributed by atoms with van der Waals surface area (Å²) in [6, 6.07) is 7.36. The summed E-state index contributed by atoms with van der Waals surface area (Å²) < 4.78 is 29.2. The predicted octanol–water partition coefficient (Wildman–Crippen LogP) is 0.724. The van der Waals surface area contributed by atoms with Crippen LogP contribution in [0.4, 0.5) is 0 Å². The van der Waals surface area contributed by atoms with Gasteiger partial charge in [-0.05, 0) is 12.1 Å². The van der Waals surface area contributed by atoms with Crippen molar-refractivity contribution in [1.29, 1.82) is 0 Å². The highest BCUT2D eigenvalue weighted by atomic mass is 32.2. The lowest BCUT2D eigenvalue weighted by Gasteiger charge is -2.06. The van der Waals surface area contributed by atoms with Gasteiger partial charge in [-0.25, -0.2) is 14.8 Å². The molecule has 0 aliphatic rings. The van der Waals surface area contributed by atoms with Gasteiger partial charge >= 0.3 is 0 Å². The molecule has 0 radical (unpaired) electrons. The first-order chi connectivity index (χ1) is 7.96. The maximum atomic E-state index is 10.8. The Hall–Kier alpha value is -1.44. The molecule has 17 heavy (non-hydrogen) atoms. The van der Waals surface area contributed by atoms with Gasteiger partial charge in [-0.3, -0.25) is 0 Å². The molecule has 2 aromatic rings. The molecule has 1 heterocycles. The lowest BCUT2D eigenvalue weighted by Crippen LogP contribution is -2.33. The SMILES string of the molecule is CC(CNS(N)(=O)=O)c1nc2ccccc2o1. The van der Waals surface area contributed by atoms with E-state index in [0.717, 1.165) is 5.52 Å². The maximum Gasteiger partial charge on any atom is 0.274 e. The largest absolute Gasteiger partial charge is 0.440 e. The number of fused-ring (bicyclic) bond motifs is 1. The molecular formula is C10H13N3O3S. The monoisotopic (exact) mass is 255 g/mol. The molecule has 1 atom stereocenters. The summed E-state index contributed by atoms with van der Waals surface area (Å²) in [7, 11) is -3.68. The number of hydrogen-bond acceptors (Lipinski definition) is 4. The smallest absolute Gasteiger partial charge is 0.274 e. The number of aromatic nitrogens is 1. The van der Waals surface area contributed by atoms with Gasteiger partial charge in [-0.1, -0.05) is 19.1 Å². The van der Waals surface area contributed by atoms with Crippen LogP contribution in [0.5, 0.6) is 0 Å². The number of benzene rings is 1. The van der Waals surface area contributed by atoms with E-state index in [1.807, 2.05) is 31.2 Å². The van der Waals surface area contributed by atoms with Crippen LogP contribution in [-0.4, -0.2) is 19.9 Å². The Labute approximate surface area is 99.0 Å². The first-order valence-corrected chi connectivity index (χ1v) is 6.63. The molecule has 7 heteroatoms. The molecule has 1 aromatic carbocycles. The summed E-state index contributed by atoms with van der Waals surface area (Å²) in [6.45, 7) is 1.97. The fourth-order valence-corrected chi connectivity index (χ4v) is 1.91. The van der Waals surface area contributed by atoms with Gasteiger partial charge in [0.25, 0.3) is 10.2 Å². The Bertz CT molecular complexity index is 588. The van der Waals surface area contributed by atoms with E-state index in [1.54, 1.807) is 0 Å². The number of oxazole rings is 1. The minimum Gasteiger partial charge on any atom is -0.440 e. The molecule has 0 fully saturated rings. The van der Waals surface area contributed by atoms with Gasteiger partial charge in [0.15, 0.2) is 11.5 Å². The van der Waals surface area contributed by atoms with Crippen molar-refractivity contribution in [3.05, 3.63) is 30.2 Å². The molecule has 0 saturated carbocycles. The Morgan fingerprint density at radius 2 is 2.18 bits per heavy atom. The normalized spacial score (nSPS) is 14.0. The molecule has 0 bridgehead atoms. The molecule has 2 rings (SSSR count). The topological polar surface area (TPSA) is 98.2 Å². The van der Waals surface area contributed by atoms with Crippen LogP contribution >= 0.6 is 0 Å². The summed E-state index contributed by atoms with van der Waals surface area (Å²) in [4.78, 5) is 4.27. The fraction of sp³-hybridized carbons (Fsp3) is 0.300. The fourth-order valence-electron chi connectivity index (χ4n) is 1.43. The molecule has 92 valence electrons. The van der Waals surface area contributed by atoms with E-state index in [4.69, 9.17) is 9.56 Å². The van der Waals surface area contributed by atoms with E-state index < -0.39 is 10.2 Å². The van der Waals surface area contributed by atoms with Crippen molar-refractivity contribution in [2.75, 3.05) is 6.54 Å². The molecule has 0 amide bonds. The van der Waals surface area contributed by atoms with Crippen LogP contribution in [0.25, 0.3) is 11.1 Å². The Balaban J connectivity index is 2.16. The highest BCUT2D eigenvalue weighted by molar-refractivity contribution is 7.87. The van der Waals surface area contributed by atoms with Crippen LogP contribution in [0.2, 0.25) is 0 Å². The molecule has 0 aliphatic carbocycles. The summed E-state index contributed by atoms with van der Waals surface area (Å²) in [5, 5.41) is 4.85. The second-order valence-corrected chi connectivity index (χ2v) is 5.19. The van der Waals surface area contributed by atoms with Gasteiger partial charge in [0.2, 0.25) is 0 Å². The highest BCUT2D eigenvalue weighted by Gasteiger charge is 2.14. The summed E-state index contributed by atoms with van der Waals surface area (Å²) in [5.41, 5.74) is 1.44. The molecule has 1 aromatic heterocycles. The van der Waals surface area contributed by atoms with E-state index in [0.29, 0.717) is 11.5 Å². The number of rotatable bonds is 4. The molecular weight excluding hydrogens is 242 g/mol. The van der Waals surface area contributed by atoms with Crippen molar-refractivity contribution in [2.24, 2.45) is 5.14 Å². The molecule has 0 spiro atoms. The molecule has 1 unspecified atom stereocenters. The van der Waals surface area contributed by atoms with Gasteiger partial charge in [0, 0.05) is 12.5 Å². The second-order valence-electron chi connectivity index (χ2n) is 3.81. The van der Waals surface area contributed by atoms with Crippen molar-refractivity contribution < 1.29 is 12.8 Å². The first kappa shape index (κ1) is 12.0. The zero-order valence-electron chi connectivity index (χ0n) is 9.25. The van der Waals surface area contributed by atoms with Crippen molar-refractivity contribution in [3.63, 3.8) is 0 Å². The van der Waals surface area contributed by atoms with Crippen molar-refractivity contribution in [1.82, 2.24) is 9.71 Å². The number of para-hydroxylation sites is 2. The number of nitrogens with zero attached hydrogens (tertiary/aromatic N) is 1. The lowest BCUT2D eigenvalue weighted by atomic mass is 10.2. The summed E-state index contributed by atoms with van der Waals surface area (Å²) in [6.07, 6.45) is 0. The van der Waals surface area contributed by atoms with Gasteiger partial charge < -0.3 is 4.42 Å². The van der Waals surface area contributed by atoms with E-state index >= 15 is 0 Å². The van der Waals surface area contributed by atoms with Gasteiger partial charge in [0.05, 0.1) is 0 Å². The summed E-state index contributed by atoms with van der Waals surface area (Å²) in [5.74, 6) is 0.308. The number of nitrogens with two attached hydrogens (primary N) is 1. The number of nitrogens with one attached hydrogen (secondary N) is 1. The van der Waals surface area contributed by atoms with Crippen LogP contribution in [0.3, 0.4) is 0 Å². The van der Waals surface area contributed by atoms with Gasteiger partial charge in [-0.2, -0.15) is 8.42 Å². The van der Waals surface area contributed by atoms with Crippen LogP contribution in [0.15, 0.2) is 28.7 Å². The predicted molar refractivity (Wildman–Crippen MR) is 63.5 cm³/mol. The van der Waals surface area contributed by atoms with Crippen molar-refractivity contribution in [3.8, 4) is 0 Å². The van der Waals surface area contributed by atoms with Crippen LogP contribution < -0.4 is 9.86 Å². The molecule has 0 aliphatic heterocycles. The van der Waals surface area contributed by atoms with E-state index in [2.05, 4.69) is 9.71 Å². The van der Waals surface area contributed by atoms with E-state index in [-0.39, 0.29) is 12.5 Å². The Kier molecular flexibility index (Phi) is 3.14. The Morgan fingerprint density at radius 3 is 2.82 bits per heavy atom. The maximum absolute atomic E-state index is 10.8. The third-order valence-corrected chi connectivity index (χ3v) is 2.89. The zero-order valence-corrected chi connectivity index (χ0v) is 10.1. The highest BCUT2D eigenvalue weighted by Crippen LogP contribution is 2.20. The first-order valence-electron chi connectivity index (χ1n) is 5.08. The Morgan fingerprint density at radius 1 is 1.47 bits per heavy atom. The lowest BCUT2D eigenvalue weighted by molar-refractivity contribution is 0.480. The quantitative estimate of drug-likeness (QED) is 0.841. The molecule has 0 saturated heterocycles. The minimum atomic E-state index is -3.68. The van der Waals surface area contributed by atoms with Crippen LogP contribution in [0, 0.1) is 0 Å². The van der Waals surface area contributed by atoms with Crippen LogP contribution in [-0.2, 0) is 10.2 Å². The van der Waals surface area contributed by atoms with Crippen molar-refractivity contribution >= 4 is 21.3 Å². The zero-order chi connectivity index (χ0) is 12.5. The minimum absolute atomic E-state index is 0.158. The number of hydrogen-bond donors (Lipinski definition) is 2. The third-order valence-electron chi connectivity index (χ3n) is 2.32.